The van der Waals surface area contributed by atoms with Crippen molar-refractivity contribution in [1.29, 1.82) is 0 Å². The molecule has 0 aromatic heterocycles. The SMILES string of the molecule is Cc1ccc(F)c(C(=O)N2CCC3(CCN(C(=O)Nc4ccc(Br)cc4Cl)C3)CC2)c1F. The Morgan fingerprint density at radius 3 is 2.38 bits per heavy atom. The highest BCUT2D eigenvalue weighted by molar-refractivity contribution is 9.10. The third kappa shape index (κ3) is 4.48. The van der Waals surface area contributed by atoms with Gasteiger partial charge in [-0.25, -0.2) is 13.6 Å². The molecule has 0 aliphatic carbocycles. The summed E-state index contributed by atoms with van der Waals surface area (Å²) in [5.74, 6) is -2.25. The van der Waals surface area contributed by atoms with Crippen LogP contribution >= 0.6 is 27.5 Å². The minimum absolute atomic E-state index is 0.0959. The van der Waals surface area contributed by atoms with E-state index >= 15 is 0 Å². The maximum atomic E-state index is 14.4. The van der Waals surface area contributed by atoms with Gasteiger partial charge in [-0.1, -0.05) is 33.6 Å². The average Bonchev–Trinajstić information content (AvgIpc) is 3.17. The number of urea groups is 1. The summed E-state index contributed by atoms with van der Waals surface area (Å²) >= 11 is 9.54. The van der Waals surface area contributed by atoms with Gasteiger partial charge in [0.05, 0.1) is 10.7 Å². The summed E-state index contributed by atoms with van der Waals surface area (Å²) in [5, 5.41) is 3.30. The van der Waals surface area contributed by atoms with Crippen LogP contribution in [0.15, 0.2) is 34.8 Å². The number of hydrogen-bond donors (Lipinski definition) is 1. The van der Waals surface area contributed by atoms with E-state index in [4.69, 9.17) is 11.6 Å². The maximum Gasteiger partial charge on any atom is 0.321 e. The molecule has 0 atom stereocenters. The van der Waals surface area contributed by atoms with Gasteiger partial charge in [-0.15, -0.1) is 0 Å². The van der Waals surface area contributed by atoms with Gasteiger partial charge in [-0.2, -0.15) is 0 Å². The molecule has 1 N–H and O–H groups in total. The van der Waals surface area contributed by atoms with Crippen LogP contribution in [0.5, 0.6) is 0 Å². The Bertz CT molecular complexity index is 1070. The highest BCUT2D eigenvalue weighted by Crippen LogP contribution is 2.41. The van der Waals surface area contributed by atoms with Crippen LogP contribution in [-0.2, 0) is 0 Å². The normalized spacial score (nSPS) is 17.7. The number of hydrogen-bond acceptors (Lipinski definition) is 2. The van der Waals surface area contributed by atoms with Crippen LogP contribution in [0.4, 0.5) is 19.3 Å². The van der Waals surface area contributed by atoms with E-state index in [0.717, 1.165) is 17.0 Å². The van der Waals surface area contributed by atoms with Gasteiger partial charge < -0.3 is 15.1 Å². The molecule has 5 nitrogen and oxygen atoms in total. The Balaban J connectivity index is 1.37. The van der Waals surface area contributed by atoms with Gasteiger partial charge in [-0.3, -0.25) is 4.79 Å². The van der Waals surface area contributed by atoms with Crippen molar-refractivity contribution in [3.05, 3.63) is 62.6 Å². The minimum Gasteiger partial charge on any atom is -0.338 e. The molecule has 0 radical (unpaired) electrons. The number of halogens is 4. The van der Waals surface area contributed by atoms with Gasteiger partial charge in [0.1, 0.15) is 17.2 Å². The van der Waals surface area contributed by atoms with Gasteiger partial charge in [0.2, 0.25) is 0 Å². The van der Waals surface area contributed by atoms with E-state index in [1.54, 1.807) is 23.1 Å². The number of nitrogens with one attached hydrogen (secondary N) is 1. The predicted molar refractivity (Wildman–Crippen MR) is 123 cm³/mol. The van der Waals surface area contributed by atoms with Crippen molar-refractivity contribution in [3.63, 3.8) is 0 Å². The maximum absolute atomic E-state index is 14.4. The number of likely N-dealkylation sites (tertiary alicyclic amines) is 2. The summed E-state index contributed by atoms with van der Waals surface area (Å²) in [6.45, 7) is 3.49. The third-order valence-electron chi connectivity index (χ3n) is 6.51. The Morgan fingerprint density at radius 2 is 1.72 bits per heavy atom. The van der Waals surface area contributed by atoms with E-state index in [1.807, 2.05) is 0 Å². The monoisotopic (exact) mass is 525 g/mol. The minimum atomic E-state index is -0.839. The van der Waals surface area contributed by atoms with Crippen LogP contribution in [0.25, 0.3) is 0 Å². The molecule has 2 saturated heterocycles. The van der Waals surface area contributed by atoms with Gasteiger partial charge in [0.25, 0.3) is 5.91 Å². The molecule has 3 amide bonds. The fraction of sp³-hybridized carbons (Fsp3) is 0.391. The van der Waals surface area contributed by atoms with E-state index in [-0.39, 0.29) is 17.0 Å². The smallest absolute Gasteiger partial charge is 0.321 e. The first kappa shape index (κ1) is 23.0. The third-order valence-corrected chi connectivity index (χ3v) is 7.31. The molecule has 4 rings (SSSR count). The summed E-state index contributed by atoms with van der Waals surface area (Å²) in [5.41, 5.74) is 0.205. The lowest BCUT2D eigenvalue weighted by Crippen LogP contribution is -2.45. The zero-order chi connectivity index (χ0) is 23.0. The van der Waals surface area contributed by atoms with E-state index in [1.165, 1.54) is 17.9 Å². The van der Waals surface area contributed by atoms with Crippen LogP contribution in [0.1, 0.15) is 35.2 Å². The average molecular weight is 527 g/mol. The number of carbonyl (C=O) groups is 2. The fourth-order valence-corrected chi connectivity index (χ4v) is 5.22. The standard InChI is InChI=1S/C23H23BrClF2N3O2/c1-14-2-4-17(26)19(20(14)27)21(31)29-9-6-23(7-10-29)8-11-30(13-23)22(32)28-18-5-3-15(24)12-16(18)25/h2-5,12H,6-11,13H2,1H3,(H,28,32). The van der Waals surface area contributed by atoms with Gasteiger partial charge in [0, 0.05) is 30.7 Å². The van der Waals surface area contributed by atoms with E-state index in [0.29, 0.717) is 49.7 Å². The topological polar surface area (TPSA) is 52.7 Å². The molecular weight excluding hydrogens is 504 g/mol. The van der Waals surface area contributed by atoms with E-state index < -0.39 is 23.1 Å². The van der Waals surface area contributed by atoms with Crippen LogP contribution in [-0.4, -0.2) is 47.9 Å². The highest BCUT2D eigenvalue weighted by atomic mass is 79.9. The van der Waals surface area contributed by atoms with Gasteiger partial charge in [-0.05, 0) is 61.4 Å². The van der Waals surface area contributed by atoms with Gasteiger partial charge in [0.15, 0.2) is 0 Å². The second kappa shape index (κ2) is 8.98. The molecule has 0 saturated carbocycles. The first-order valence-electron chi connectivity index (χ1n) is 10.4. The van der Waals surface area contributed by atoms with Crippen molar-refractivity contribution in [2.45, 2.75) is 26.2 Å². The zero-order valence-electron chi connectivity index (χ0n) is 17.6. The Hall–Kier alpha value is -2.19. The number of amides is 3. The zero-order valence-corrected chi connectivity index (χ0v) is 19.9. The van der Waals surface area contributed by atoms with Crippen molar-refractivity contribution in [2.24, 2.45) is 5.41 Å². The van der Waals surface area contributed by atoms with Crippen LogP contribution in [0.2, 0.25) is 5.02 Å². The van der Waals surface area contributed by atoms with Crippen molar-refractivity contribution in [1.82, 2.24) is 9.80 Å². The Labute approximate surface area is 198 Å². The van der Waals surface area contributed by atoms with Crippen LogP contribution in [0, 0.1) is 24.0 Å². The van der Waals surface area contributed by atoms with Gasteiger partial charge >= 0.3 is 6.03 Å². The molecule has 0 bridgehead atoms. The lowest BCUT2D eigenvalue weighted by molar-refractivity contribution is 0.0585. The summed E-state index contributed by atoms with van der Waals surface area (Å²) in [6, 6.07) is 7.50. The molecule has 9 heteroatoms. The van der Waals surface area contributed by atoms with Crippen molar-refractivity contribution < 1.29 is 18.4 Å². The molecule has 0 unspecified atom stereocenters. The molecule has 32 heavy (non-hydrogen) atoms. The van der Waals surface area contributed by atoms with E-state index in [2.05, 4.69) is 21.2 Å². The number of piperidine rings is 1. The second-order valence-electron chi connectivity index (χ2n) is 8.57. The fourth-order valence-electron chi connectivity index (χ4n) is 4.50. The first-order valence-corrected chi connectivity index (χ1v) is 11.6. The van der Waals surface area contributed by atoms with Crippen LogP contribution < -0.4 is 5.32 Å². The molecular formula is C23H23BrClF2N3O2. The number of benzene rings is 2. The number of nitrogens with zero attached hydrogens (tertiary/aromatic N) is 2. The highest BCUT2D eigenvalue weighted by Gasteiger charge is 2.43. The molecule has 170 valence electrons. The largest absolute Gasteiger partial charge is 0.338 e. The Kier molecular flexibility index (Phi) is 6.45. The molecule has 2 aromatic carbocycles. The summed E-state index contributed by atoms with van der Waals surface area (Å²) in [4.78, 5) is 28.8. The molecule has 2 aliphatic rings. The molecule has 2 aliphatic heterocycles. The van der Waals surface area contributed by atoms with E-state index in [9.17, 15) is 18.4 Å². The Morgan fingerprint density at radius 1 is 1.06 bits per heavy atom. The number of rotatable bonds is 2. The second-order valence-corrected chi connectivity index (χ2v) is 9.89. The first-order chi connectivity index (χ1) is 15.2. The molecule has 2 aromatic rings. The predicted octanol–water partition coefficient (Wildman–Crippen LogP) is 5.85. The number of carbonyl (C=O) groups excluding carboxylic acids is 2. The lowest BCUT2D eigenvalue weighted by atomic mass is 9.77. The summed E-state index contributed by atoms with van der Waals surface area (Å²) < 4.78 is 29.4. The molecule has 2 heterocycles. The van der Waals surface area contributed by atoms with Crippen molar-refractivity contribution in [3.8, 4) is 0 Å². The summed E-state index contributed by atoms with van der Waals surface area (Å²) in [6.07, 6.45) is 2.18. The number of aryl methyl sites for hydroxylation is 1. The lowest BCUT2D eigenvalue weighted by Gasteiger charge is -2.39. The quantitative estimate of drug-likeness (QED) is 0.534. The van der Waals surface area contributed by atoms with Crippen LogP contribution in [0.3, 0.4) is 0 Å². The summed E-state index contributed by atoms with van der Waals surface area (Å²) in [7, 11) is 0. The van der Waals surface area contributed by atoms with Crippen molar-refractivity contribution in [2.75, 3.05) is 31.5 Å². The molecule has 1 spiro atoms. The molecule has 2 fully saturated rings. The van der Waals surface area contributed by atoms with Crippen molar-refractivity contribution >= 4 is 45.2 Å². The number of anilines is 1.